The van der Waals surface area contributed by atoms with Crippen molar-refractivity contribution in [1.29, 1.82) is 0 Å². The van der Waals surface area contributed by atoms with E-state index >= 15 is 0 Å². The third-order valence-corrected chi connectivity index (χ3v) is 1.95. The number of hydrogen-bond acceptors (Lipinski definition) is 1. The van der Waals surface area contributed by atoms with E-state index in [2.05, 4.69) is 5.32 Å². The summed E-state index contributed by atoms with van der Waals surface area (Å²) in [7, 11) is 0. The Hall–Kier alpha value is -0.150. The van der Waals surface area contributed by atoms with E-state index in [4.69, 9.17) is 0 Å². The lowest BCUT2D eigenvalue weighted by Crippen LogP contribution is -3.00. The predicted molar refractivity (Wildman–Crippen MR) is 27.0 cm³/mol. The van der Waals surface area contributed by atoms with Gasteiger partial charge in [0.15, 0.2) is 0 Å². The highest BCUT2D eigenvalue weighted by molar-refractivity contribution is 4.96. The molecular weight excluding hydrogens is 107 g/mol. The molecule has 0 amide bonds. The molecule has 3 saturated heterocycles. The molecule has 0 aromatic carbocycles. The van der Waals surface area contributed by atoms with Crippen molar-refractivity contribution in [1.82, 2.24) is 5.32 Å². The van der Waals surface area contributed by atoms with Crippen LogP contribution in [-0.2, 0) is 0 Å². The van der Waals surface area contributed by atoms with Crippen LogP contribution >= 0.6 is 0 Å². The summed E-state index contributed by atoms with van der Waals surface area (Å²) in [6.45, 7) is 1.68. The van der Waals surface area contributed by atoms with Crippen molar-refractivity contribution in [3.05, 3.63) is 0 Å². The molecule has 2 unspecified atom stereocenters. The topological polar surface area (TPSA) is 28.6 Å². The van der Waals surface area contributed by atoms with Crippen LogP contribution in [-0.4, -0.2) is 24.9 Å². The fraction of sp³-hybridized carbons (Fsp3) is 1.00. The van der Waals surface area contributed by atoms with Crippen LogP contribution in [0.1, 0.15) is 6.42 Å². The molecule has 3 heterocycles. The Morgan fingerprint density at radius 2 is 2.50 bits per heavy atom. The summed E-state index contributed by atoms with van der Waals surface area (Å²) in [6.07, 6.45) is 0.740. The molecular formula is C5H10FN2+. The molecule has 0 aromatic rings. The number of hydrogen-bond donors (Lipinski definition) is 2. The van der Waals surface area contributed by atoms with Crippen molar-refractivity contribution in [2.24, 2.45) is 0 Å². The molecule has 3 N–H and O–H groups in total. The zero-order valence-electron chi connectivity index (χ0n) is 4.65. The minimum absolute atomic E-state index is 0.466. The maximum Gasteiger partial charge on any atom is 0.212 e. The van der Waals surface area contributed by atoms with Crippen LogP contribution in [0.5, 0.6) is 0 Å². The lowest BCUT2D eigenvalue weighted by atomic mass is 9.90. The van der Waals surface area contributed by atoms with Crippen LogP contribution in [0.2, 0.25) is 0 Å². The molecule has 46 valence electrons. The van der Waals surface area contributed by atoms with Crippen molar-refractivity contribution >= 4 is 0 Å². The van der Waals surface area contributed by atoms with E-state index in [9.17, 15) is 4.39 Å². The molecule has 2 atom stereocenters. The highest BCUT2D eigenvalue weighted by Crippen LogP contribution is 2.25. The summed E-state index contributed by atoms with van der Waals surface area (Å²) in [5.74, 6) is -0.983. The first-order valence-electron chi connectivity index (χ1n) is 3.07. The van der Waals surface area contributed by atoms with Crippen LogP contribution in [0.15, 0.2) is 0 Å². The molecule has 3 heteroatoms. The van der Waals surface area contributed by atoms with Gasteiger partial charge in [0.1, 0.15) is 6.54 Å². The zero-order chi connectivity index (χ0) is 5.61. The smallest absolute Gasteiger partial charge is 0.212 e. The second-order valence-electron chi connectivity index (χ2n) is 2.74. The molecule has 0 aromatic heterocycles. The van der Waals surface area contributed by atoms with Gasteiger partial charge < -0.3 is 5.32 Å². The van der Waals surface area contributed by atoms with E-state index in [0.29, 0.717) is 12.6 Å². The molecule has 2 nitrogen and oxygen atoms in total. The van der Waals surface area contributed by atoms with Gasteiger partial charge in [-0.1, -0.05) is 0 Å². The average molecular weight is 117 g/mol. The van der Waals surface area contributed by atoms with Gasteiger partial charge in [0.05, 0.1) is 12.6 Å². The molecule has 0 saturated carbocycles. The van der Waals surface area contributed by atoms with E-state index in [1.807, 2.05) is 5.32 Å². The molecule has 8 heavy (non-hydrogen) atoms. The molecule has 3 aliphatic heterocycles. The van der Waals surface area contributed by atoms with Crippen molar-refractivity contribution in [3.63, 3.8) is 0 Å². The third kappa shape index (κ3) is 0.485. The lowest BCUT2D eigenvalue weighted by Gasteiger charge is -2.45. The largest absolute Gasteiger partial charge is 0.341 e. The number of quaternary nitrogens is 1. The number of nitrogens with one attached hydrogen (secondary N) is 1. The first kappa shape index (κ1) is 4.70. The zero-order valence-corrected chi connectivity index (χ0v) is 4.65. The van der Waals surface area contributed by atoms with Crippen LogP contribution in [0.3, 0.4) is 0 Å². The quantitative estimate of drug-likeness (QED) is 0.375. The molecule has 2 bridgehead atoms. The maximum atomic E-state index is 12.8. The number of alkyl halides is 1. The Morgan fingerprint density at radius 3 is 2.75 bits per heavy atom. The van der Waals surface area contributed by atoms with E-state index in [1.54, 1.807) is 0 Å². The molecule has 0 spiro atoms. The summed E-state index contributed by atoms with van der Waals surface area (Å²) < 4.78 is 12.8. The Balaban J connectivity index is 2.06. The van der Waals surface area contributed by atoms with E-state index in [0.717, 1.165) is 13.0 Å². The van der Waals surface area contributed by atoms with Gasteiger partial charge in [0, 0.05) is 6.42 Å². The van der Waals surface area contributed by atoms with Crippen LogP contribution in [0.25, 0.3) is 0 Å². The van der Waals surface area contributed by atoms with Gasteiger partial charge in [-0.05, 0) is 0 Å². The van der Waals surface area contributed by atoms with E-state index in [-0.39, 0.29) is 0 Å². The minimum atomic E-state index is -0.983. The number of piperazine rings is 1. The van der Waals surface area contributed by atoms with Crippen molar-refractivity contribution in [2.75, 3.05) is 13.1 Å². The fourth-order valence-corrected chi connectivity index (χ4v) is 1.53. The summed E-state index contributed by atoms with van der Waals surface area (Å²) >= 11 is 0. The van der Waals surface area contributed by atoms with E-state index in [1.165, 1.54) is 0 Å². The number of fused-ring (bicyclic) bond motifs is 2. The lowest BCUT2D eigenvalue weighted by molar-refractivity contribution is -0.692. The van der Waals surface area contributed by atoms with Crippen LogP contribution in [0, 0.1) is 0 Å². The second kappa shape index (κ2) is 1.22. The summed E-state index contributed by atoms with van der Waals surface area (Å²) in [5.41, 5.74) is 0. The Morgan fingerprint density at radius 1 is 1.75 bits per heavy atom. The van der Waals surface area contributed by atoms with E-state index < -0.39 is 5.79 Å². The van der Waals surface area contributed by atoms with Crippen LogP contribution in [0.4, 0.5) is 4.39 Å². The summed E-state index contributed by atoms with van der Waals surface area (Å²) in [6, 6.07) is 0.466. The number of rotatable bonds is 0. The highest BCUT2D eigenvalue weighted by atomic mass is 19.1. The van der Waals surface area contributed by atoms with Gasteiger partial charge in [0.25, 0.3) is 0 Å². The van der Waals surface area contributed by atoms with Gasteiger partial charge in [-0.15, -0.1) is 0 Å². The molecule has 3 aliphatic rings. The Kier molecular flexibility index (Phi) is 0.718. The summed E-state index contributed by atoms with van der Waals surface area (Å²) in [4.78, 5) is 0. The van der Waals surface area contributed by atoms with Gasteiger partial charge in [0.2, 0.25) is 5.79 Å². The maximum absolute atomic E-state index is 12.8. The Bertz CT molecular complexity index is 103. The SMILES string of the molecule is FC12C[NH2+]CC(C1)N2. The molecule has 3 rings (SSSR count). The highest BCUT2D eigenvalue weighted by Gasteiger charge is 2.50. The normalized spacial score (nSPS) is 52.9. The first-order valence-corrected chi connectivity index (χ1v) is 3.07. The monoisotopic (exact) mass is 117 g/mol. The molecule has 0 aliphatic carbocycles. The fourth-order valence-electron chi connectivity index (χ4n) is 1.53. The van der Waals surface area contributed by atoms with Crippen LogP contribution < -0.4 is 10.6 Å². The van der Waals surface area contributed by atoms with Gasteiger partial charge in [-0.3, -0.25) is 5.32 Å². The molecule has 3 fully saturated rings. The van der Waals surface area contributed by atoms with Crippen molar-refractivity contribution in [3.8, 4) is 0 Å². The number of halogens is 1. The summed E-state index contributed by atoms with van der Waals surface area (Å²) in [5, 5.41) is 4.89. The minimum Gasteiger partial charge on any atom is -0.341 e. The van der Waals surface area contributed by atoms with Gasteiger partial charge >= 0.3 is 0 Å². The van der Waals surface area contributed by atoms with Gasteiger partial charge in [-0.2, -0.15) is 0 Å². The number of piperidine rings is 1. The van der Waals surface area contributed by atoms with Crippen molar-refractivity contribution < 1.29 is 9.71 Å². The molecule has 0 radical (unpaired) electrons. The average Bonchev–Trinajstić information content (AvgIpc) is 1.63. The standard InChI is InChI=1S/C5H9FN2/c6-5-1-4(8-5)2-7-3-5/h4,7-8H,1-3H2/p+1. The third-order valence-electron chi connectivity index (χ3n) is 1.95. The first-order chi connectivity index (χ1) is 3.79. The number of nitrogens with two attached hydrogens (primary N) is 1. The predicted octanol–water partition coefficient (Wildman–Crippen LogP) is -1.41. The Labute approximate surface area is 47.5 Å². The van der Waals surface area contributed by atoms with Crippen molar-refractivity contribution in [2.45, 2.75) is 18.3 Å². The van der Waals surface area contributed by atoms with Gasteiger partial charge in [-0.25, -0.2) is 4.39 Å². The second-order valence-corrected chi connectivity index (χ2v) is 2.74.